The topological polar surface area (TPSA) is 38.8 Å². The molecule has 0 amide bonds. The average molecular weight is 241 g/mol. The van der Waals surface area contributed by atoms with Crippen LogP contribution in [-0.2, 0) is 14.3 Å². The van der Waals surface area contributed by atoms with Gasteiger partial charge in [0.05, 0.1) is 19.8 Å². The van der Waals surface area contributed by atoms with Gasteiger partial charge in [0.2, 0.25) is 0 Å². The molecule has 2 atom stereocenters. The summed E-state index contributed by atoms with van der Waals surface area (Å²) in [6, 6.07) is 0.573. The fourth-order valence-electron chi connectivity index (χ4n) is 3.08. The van der Waals surface area contributed by atoms with Crippen molar-refractivity contribution in [2.75, 3.05) is 32.9 Å². The molecule has 2 fully saturated rings. The Morgan fingerprint density at radius 3 is 2.82 bits per heavy atom. The first-order chi connectivity index (χ1) is 8.31. The van der Waals surface area contributed by atoms with Gasteiger partial charge in [0.1, 0.15) is 0 Å². The molecule has 17 heavy (non-hydrogen) atoms. The Bertz CT molecular complexity index is 251. The van der Waals surface area contributed by atoms with E-state index in [1.165, 1.54) is 19.3 Å². The van der Waals surface area contributed by atoms with Crippen LogP contribution >= 0.6 is 0 Å². The van der Waals surface area contributed by atoms with Gasteiger partial charge in [-0.25, -0.2) is 0 Å². The highest BCUT2D eigenvalue weighted by Gasteiger charge is 2.34. The molecule has 2 aliphatic rings. The van der Waals surface area contributed by atoms with E-state index in [1.54, 1.807) is 0 Å². The second kappa shape index (κ2) is 6.36. The molecular weight excluding hydrogens is 218 g/mol. The zero-order valence-electron chi connectivity index (χ0n) is 10.7. The maximum Gasteiger partial charge on any atom is 0.306 e. The molecule has 2 rings (SSSR count). The van der Waals surface area contributed by atoms with Crippen LogP contribution in [0.1, 0.15) is 32.6 Å². The van der Waals surface area contributed by atoms with Gasteiger partial charge in [0.15, 0.2) is 0 Å². The quantitative estimate of drug-likeness (QED) is 0.698. The number of carbonyl (C=O) groups is 1. The van der Waals surface area contributed by atoms with Gasteiger partial charge in [-0.1, -0.05) is 6.42 Å². The molecule has 98 valence electrons. The molecular formula is C13H23NO3. The lowest BCUT2D eigenvalue weighted by Gasteiger charge is -2.35. The molecule has 0 unspecified atom stereocenters. The summed E-state index contributed by atoms with van der Waals surface area (Å²) in [6.45, 7) is 6.07. The average Bonchev–Trinajstić information content (AvgIpc) is 2.78. The van der Waals surface area contributed by atoms with Crippen LogP contribution in [0.4, 0.5) is 0 Å². The zero-order valence-corrected chi connectivity index (χ0v) is 10.7. The maximum absolute atomic E-state index is 11.6. The Morgan fingerprint density at radius 2 is 2.12 bits per heavy atom. The van der Waals surface area contributed by atoms with Crippen molar-refractivity contribution in [2.45, 2.75) is 38.6 Å². The van der Waals surface area contributed by atoms with Gasteiger partial charge in [-0.2, -0.15) is 0 Å². The van der Waals surface area contributed by atoms with Crippen molar-refractivity contribution in [3.8, 4) is 0 Å². The summed E-state index contributed by atoms with van der Waals surface area (Å²) < 4.78 is 10.4. The number of hydrogen-bond acceptors (Lipinski definition) is 4. The summed E-state index contributed by atoms with van der Waals surface area (Å²) in [5.41, 5.74) is 0. The normalized spacial score (nSPS) is 30.4. The summed E-state index contributed by atoms with van der Waals surface area (Å²) in [5, 5.41) is 0. The van der Waals surface area contributed by atoms with Crippen molar-refractivity contribution in [1.82, 2.24) is 4.90 Å². The fraction of sp³-hybridized carbons (Fsp3) is 0.923. The van der Waals surface area contributed by atoms with Crippen LogP contribution in [0, 0.1) is 5.92 Å². The molecule has 0 spiro atoms. The fourth-order valence-corrected chi connectivity index (χ4v) is 3.08. The predicted molar refractivity (Wildman–Crippen MR) is 64.8 cm³/mol. The van der Waals surface area contributed by atoms with Gasteiger partial charge in [0, 0.05) is 25.6 Å². The minimum absolute atomic E-state index is 0.0299. The first-order valence-corrected chi connectivity index (χ1v) is 6.78. The molecule has 0 radical (unpaired) electrons. The smallest absolute Gasteiger partial charge is 0.306 e. The van der Waals surface area contributed by atoms with Crippen LogP contribution in [0.25, 0.3) is 0 Å². The van der Waals surface area contributed by atoms with Crippen LogP contribution in [0.5, 0.6) is 0 Å². The van der Waals surface area contributed by atoms with Gasteiger partial charge in [-0.15, -0.1) is 0 Å². The zero-order chi connectivity index (χ0) is 12.1. The Balaban J connectivity index is 1.85. The minimum Gasteiger partial charge on any atom is -0.466 e. The van der Waals surface area contributed by atoms with E-state index in [4.69, 9.17) is 9.47 Å². The lowest BCUT2D eigenvalue weighted by Crippen LogP contribution is -2.45. The van der Waals surface area contributed by atoms with Crippen molar-refractivity contribution in [3.05, 3.63) is 0 Å². The number of carbonyl (C=O) groups excluding carboxylic acids is 1. The molecule has 0 aromatic rings. The molecule has 4 heteroatoms. The molecule has 0 aromatic heterocycles. The van der Waals surface area contributed by atoms with Gasteiger partial charge in [-0.05, 0) is 25.7 Å². The summed E-state index contributed by atoms with van der Waals surface area (Å²) in [7, 11) is 0. The third-order valence-corrected chi connectivity index (χ3v) is 3.87. The van der Waals surface area contributed by atoms with Gasteiger partial charge >= 0.3 is 5.97 Å². The molecule has 0 bridgehead atoms. The first kappa shape index (κ1) is 12.8. The third-order valence-electron chi connectivity index (χ3n) is 3.87. The number of rotatable bonds is 4. The number of nitrogens with zero attached hydrogens (tertiary/aromatic N) is 1. The summed E-state index contributed by atoms with van der Waals surface area (Å²) >= 11 is 0. The van der Waals surface area contributed by atoms with E-state index < -0.39 is 0 Å². The van der Waals surface area contributed by atoms with E-state index in [0.29, 0.717) is 25.0 Å². The number of hydrogen-bond donors (Lipinski definition) is 0. The molecule has 1 aliphatic carbocycles. The number of morpholine rings is 1. The highest BCUT2D eigenvalue weighted by atomic mass is 16.5. The summed E-state index contributed by atoms with van der Waals surface area (Å²) in [5.74, 6) is 0.463. The van der Waals surface area contributed by atoms with E-state index in [1.807, 2.05) is 6.92 Å². The number of ether oxygens (including phenoxy) is 2. The van der Waals surface area contributed by atoms with Crippen molar-refractivity contribution < 1.29 is 14.3 Å². The van der Waals surface area contributed by atoms with Crippen LogP contribution < -0.4 is 0 Å². The molecule has 1 heterocycles. The van der Waals surface area contributed by atoms with Crippen molar-refractivity contribution in [3.63, 3.8) is 0 Å². The van der Waals surface area contributed by atoms with E-state index in [-0.39, 0.29) is 5.97 Å². The predicted octanol–water partition coefficient (Wildman–Crippen LogP) is 1.44. The molecule has 1 saturated heterocycles. The minimum atomic E-state index is -0.0299. The van der Waals surface area contributed by atoms with Crippen LogP contribution in [0.3, 0.4) is 0 Å². The maximum atomic E-state index is 11.6. The molecule has 4 nitrogen and oxygen atoms in total. The van der Waals surface area contributed by atoms with Crippen molar-refractivity contribution >= 4 is 5.97 Å². The van der Waals surface area contributed by atoms with Gasteiger partial charge in [0.25, 0.3) is 0 Å². The summed E-state index contributed by atoms with van der Waals surface area (Å²) in [4.78, 5) is 14.1. The molecule has 0 N–H and O–H groups in total. The molecule has 0 aromatic carbocycles. The van der Waals surface area contributed by atoms with E-state index in [9.17, 15) is 4.79 Å². The molecule has 1 aliphatic heterocycles. The highest BCUT2D eigenvalue weighted by Crippen LogP contribution is 2.33. The Morgan fingerprint density at radius 1 is 1.35 bits per heavy atom. The largest absolute Gasteiger partial charge is 0.466 e. The van der Waals surface area contributed by atoms with Crippen molar-refractivity contribution in [1.29, 1.82) is 0 Å². The summed E-state index contributed by atoms with van der Waals surface area (Å²) in [6.07, 6.45) is 4.23. The Labute approximate surface area is 103 Å². The van der Waals surface area contributed by atoms with E-state index in [0.717, 1.165) is 26.3 Å². The van der Waals surface area contributed by atoms with Crippen LogP contribution in [0.15, 0.2) is 0 Å². The van der Waals surface area contributed by atoms with Gasteiger partial charge < -0.3 is 9.47 Å². The third kappa shape index (κ3) is 3.42. The standard InChI is InChI=1S/C13H23NO3/c1-2-17-13(15)10-11-4-3-5-12(11)14-6-8-16-9-7-14/h11-12H,2-10H2,1H3/t11-,12+/m1/s1. The van der Waals surface area contributed by atoms with E-state index in [2.05, 4.69) is 4.90 Å². The second-order valence-corrected chi connectivity index (χ2v) is 4.92. The molecule has 1 saturated carbocycles. The number of esters is 1. The highest BCUT2D eigenvalue weighted by molar-refractivity contribution is 5.69. The lowest BCUT2D eigenvalue weighted by atomic mass is 9.98. The monoisotopic (exact) mass is 241 g/mol. The SMILES string of the molecule is CCOC(=O)C[C@H]1CCC[C@@H]1N1CCOCC1. The Kier molecular flexibility index (Phi) is 4.80. The second-order valence-electron chi connectivity index (χ2n) is 4.92. The van der Waals surface area contributed by atoms with E-state index >= 15 is 0 Å². The van der Waals surface area contributed by atoms with Crippen LogP contribution in [-0.4, -0.2) is 49.8 Å². The van der Waals surface area contributed by atoms with Gasteiger partial charge in [-0.3, -0.25) is 9.69 Å². The van der Waals surface area contributed by atoms with Crippen LogP contribution in [0.2, 0.25) is 0 Å². The Hall–Kier alpha value is -0.610. The first-order valence-electron chi connectivity index (χ1n) is 6.78. The lowest BCUT2D eigenvalue weighted by molar-refractivity contribution is -0.144. The van der Waals surface area contributed by atoms with Crippen molar-refractivity contribution in [2.24, 2.45) is 5.92 Å².